The second-order valence-corrected chi connectivity index (χ2v) is 6.72. The van der Waals surface area contributed by atoms with E-state index in [1.807, 2.05) is 0 Å². The molecule has 9 heteroatoms. The predicted molar refractivity (Wildman–Crippen MR) is 114 cm³/mol. The van der Waals surface area contributed by atoms with Gasteiger partial charge < -0.3 is 10.6 Å². The van der Waals surface area contributed by atoms with E-state index < -0.39 is 17.9 Å². The van der Waals surface area contributed by atoms with Crippen LogP contribution in [0.2, 0.25) is 10.0 Å². The van der Waals surface area contributed by atoms with E-state index in [4.69, 9.17) is 28.9 Å². The molecule has 0 radical (unpaired) electrons. The van der Waals surface area contributed by atoms with E-state index in [9.17, 15) is 14.4 Å². The van der Waals surface area contributed by atoms with Crippen LogP contribution in [-0.4, -0.2) is 37.2 Å². The lowest BCUT2D eigenvalue weighted by Crippen LogP contribution is -2.47. The summed E-state index contributed by atoms with van der Waals surface area (Å²) in [5.74, 6) is -1.43. The lowest BCUT2D eigenvalue weighted by atomic mass is 10.0. The molecule has 0 aliphatic heterocycles. The van der Waals surface area contributed by atoms with Crippen LogP contribution in [-0.2, 0) is 9.59 Å². The highest BCUT2D eigenvalue weighted by atomic mass is 35.5. The van der Waals surface area contributed by atoms with Crippen molar-refractivity contribution in [2.24, 2.45) is 5.73 Å². The van der Waals surface area contributed by atoms with Gasteiger partial charge in [0, 0.05) is 28.9 Å². The number of nitrogens with zero attached hydrogens (tertiary/aromatic N) is 1. The zero-order valence-corrected chi connectivity index (χ0v) is 17.6. The first-order valence-corrected chi connectivity index (χ1v) is 8.87. The fourth-order valence-electron chi connectivity index (χ4n) is 2.47. The van der Waals surface area contributed by atoms with Crippen LogP contribution in [0.15, 0.2) is 42.5 Å². The minimum absolute atomic E-state index is 0. The van der Waals surface area contributed by atoms with Crippen LogP contribution >= 0.6 is 35.6 Å². The molecule has 0 spiro atoms. The summed E-state index contributed by atoms with van der Waals surface area (Å²) >= 11 is 12.2. The number of ketones is 1. The first-order chi connectivity index (χ1) is 12.8. The van der Waals surface area contributed by atoms with Crippen LogP contribution in [0.25, 0.3) is 0 Å². The number of rotatable bonds is 6. The highest BCUT2D eigenvalue weighted by molar-refractivity contribution is 6.35. The molecular weight excluding hydrogens is 425 g/mol. The summed E-state index contributed by atoms with van der Waals surface area (Å²) in [6, 6.07) is 10.7. The molecule has 0 fully saturated rings. The summed E-state index contributed by atoms with van der Waals surface area (Å²) in [7, 11) is 1.64. The molecule has 2 rings (SSSR count). The van der Waals surface area contributed by atoms with Gasteiger partial charge in [0.25, 0.3) is 0 Å². The van der Waals surface area contributed by atoms with Crippen molar-refractivity contribution in [3.63, 3.8) is 0 Å². The van der Waals surface area contributed by atoms with E-state index in [0.717, 1.165) is 0 Å². The van der Waals surface area contributed by atoms with E-state index in [1.54, 1.807) is 55.3 Å². The third kappa shape index (κ3) is 5.45. The Bertz CT molecular complexity index is 890. The normalized spacial score (nSPS) is 11.2. The number of carbonyl (C=O) groups excluding carboxylic acids is 3. The Morgan fingerprint density at radius 1 is 1.11 bits per heavy atom. The van der Waals surface area contributed by atoms with Crippen molar-refractivity contribution in [3.8, 4) is 0 Å². The Balaban J connectivity index is 0.00000392. The summed E-state index contributed by atoms with van der Waals surface area (Å²) < 4.78 is 0. The standard InChI is InChI=1S/C19H19Cl2N3O3.ClH/c1-11(19(27)23-17(25)10-22)24(2)16-8-7-12(20)9-14(16)18(26)13-5-3-4-6-15(13)21;/h3-9,11H,10,22H2,1-2H3,(H,23,25,27);1H/t11-;/m0./s1. The molecule has 0 aliphatic carbocycles. The zero-order chi connectivity index (χ0) is 20.1. The van der Waals surface area contributed by atoms with Crippen molar-refractivity contribution in [1.29, 1.82) is 0 Å². The third-order valence-corrected chi connectivity index (χ3v) is 4.67. The van der Waals surface area contributed by atoms with Gasteiger partial charge in [-0.1, -0.05) is 35.3 Å². The van der Waals surface area contributed by atoms with Crippen molar-refractivity contribution in [1.82, 2.24) is 5.32 Å². The van der Waals surface area contributed by atoms with Crippen LogP contribution in [0.3, 0.4) is 0 Å². The molecule has 1 atom stereocenters. The number of hydrogen-bond donors (Lipinski definition) is 2. The number of carbonyl (C=O) groups is 3. The first kappa shape index (κ1) is 23.9. The number of halogens is 3. The molecule has 0 aromatic heterocycles. The lowest BCUT2D eigenvalue weighted by molar-refractivity contribution is -0.130. The monoisotopic (exact) mass is 443 g/mol. The Labute approximate surface area is 179 Å². The van der Waals surface area contributed by atoms with Crippen molar-refractivity contribution in [2.75, 3.05) is 18.5 Å². The topological polar surface area (TPSA) is 92.5 Å². The molecule has 2 amide bonds. The largest absolute Gasteiger partial charge is 0.362 e. The number of hydrogen-bond acceptors (Lipinski definition) is 5. The van der Waals surface area contributed by atoms with Crippen molar-refractivity contribution < 1.29 is 14.4 Å². The van der Waals surface area contributed by atoms with Gasteiger partial charge in [-0.3, -0.25) is 19.7 Å². The van der Waals surface area contributed by atoms with E-state index >= 15 is 0 Å². The molecule has 0 heterocycles. The van der Waals surface area contributed by atoms with Gasteiger partial charge >= 0.3 is 0 Å². The second kappa shape index (κ2) is 10.4. The highest BCUT2D eigenvalue weighted by Gasteiger charge is 2.25. The molecule has 3 N–H and O–H groups in total. The van der Waals surface area contributed by atoms with Gasteiger partial charge in [0.05, 0.1) is 11.6 Å². The summed E-state index contributed by atoms with van der Waals surface area (Å²) in [5.41, 5.74) is 6.32. The maximum Gasteiger partial charge on any atom is 0.248 e. The van der Waals surface area contributed by atoms with Gasteiger partial charge in [0.1, 0.15) is 6.04 Å². The number of anilines is 1. The van der Waals surface area contributed by atoms with E-state index in [0.29, 0.717) is 26.9 Å². The first-order valence-electron chi connectivity index (χ1n) is 8.11. The maximum absolute atomic E-state index is 13.0. The number of likely N-dealkylation sites (N-methyl/N-ethyl adjacent to an activating group) is 1. The van der Waals surface area contributed by atoms with Gasteiger partial charge in [0.15, 0.2) is 5.78 Å². The third-order valence-electron chi connectivity index (χ3n) is 4.11. The van der Waals surface area contributed by atoms with Gasteiger partial charge in [-0.2, -0.15) is 0 Å². The average molecular weight is 445 g/mol. The van der Waals surface area contributed by atoms with Gasteiger partial charge in [-0.25, -0.2) is 0 Å². The number of imide groups is 1. The molecule has 28 heavy (non-hydrogen) atoms. The molecule has 2 aromatic rings. The van der Waals surface area contributed by atoms with Crippen LogP contribution in [0, 0.1) is 0 Å². The number of nitrogens with two attached hydrogens (primary N) is 1. The van der Waals surface area contributed by atoms with Crippen molar-refractivity contribution in [3.05, 3.63) is 63.6 Å². The zero-order valence-electron chi connectivity index (χ0n) is 15.2. The van der Waals surface area contributed by atoms with Gasteiger partial charge in [-0.05, 0) is 37.3 Å². The molecular formula is C19H20Cl3N3O3. The summed E-state index contributed by atoms with van der Waals surface area (Å²) in [6.07, 6.45) is 0. The highest BCUT2D eigenvalue weighted by Crippen LogP contribution is 2.29. The summed E-state index contributed by atoms with van der Waals surface area (Å²) in [5, 5.41) is 2.89. The molecule has 6 nitrogen and oxygen atoms in total. The smallest absolute Gasteiger partial charge is 0.248 e. The van der Waals surface area contributed by atoms with Crippen LogP contribution in [0.4, 0.5) is 5.69 Å². The molecule has 0 saturated heterocycles. The fraction of sp³-hybridized carbons (Fsp3) is 0.211. The minimum atomic E-state index is -0.737. The lowest BCUT2D eigenvalue weighted by Gasteiger charge is -2.27. The molecule has 2 aromatic carbocycles. The predicted octanol–water partition coefficient (Wildman–Crippen LogP) is 3.07. The second-order valence-electron chi connectivity index (χ2n) is 5.87. The Kier molecular flexibility index (Phi) is 8.91. The maximum atomic E-state index is 13.0. The molecule has 0 bridgehead atoms. The molecule has 0 saturated carbocycles. The molecule has 0 unspecified atom stereocenters. The Morgan fingerprint density at radius 2 is 1.75 bits per heavy atom. The minimum Gasteiger partial charge on any atom is -0.362 e. The van der Waals surface area contributed by atoms with E-state index in [1.165, 1.54) is 6.07 Å². The van der Waals surface area contributed by atoms with Crippen molar-refractivity contribution in [2.45, 2.75) is 13.0 Å². The van der Waals surface area contributed by atoms with Crippen LogP contribution in [0.5, 0.6) is 0 Å². The van der Waals surface area contributed by atoms with E-state index in [2.05, 4.69) is 5.32 Å². The fourth-order valence-corrected chi connectivity index (χ4v) is 2.86. The Morgan fingerprint density at radius 3 is 2.36 bits per heavy atom. The summed E-state index contributed by atoms with van der Waals surface area (Å²) in [6.45, 7) is 1.32. The van der Waals surface area contributed by atoms with Gasteiger partial charge in [0.2, 0.25) is 11.8 Å². The molecule has 150 valence electrons. The Hall–Kier alpha value is -2.12. The van der Waals surface area contributed by atoms with Crippen molar-refractivity contribution >= 4 is 58.9 Å². The van der Waals surface area contributed by atoms with Gasteiger partial charge in [-0.15, -0.1) is 12.4 Å². The van der Waals surface area contributed by atoms with Crippen LogP contribution < -0.4 is 16.0 Å². The summed E-state index contributed by atoms with van der Waals surface area (Å²) in [4.78, 5) is 38.2. The van der Waals surface area contributed by atoms with E-state index in [-0.39, 0.29) is 24.7 Å². The SMILES string of the molecule is C[C@@H](C(=O)NC(=O)CN)N(C)c1ccc(Cl)cc1C(=O)c1ccccc1Cl.Cl. The quantitative estimate of drug-likeness (QED) is 0.668. The molecule has 0 aliphatic rings. The number of amides is 2. The number of nitrogens with one attached hydrogen (secondary N) is 1. The van der Waals surface area contributed by atoms with Crippen LogP contribution in [0.1, 0.15) is 22.8 Å². The number of benzene rings is 2. The average Bonchev–Trinajstić information content (AvgIpc) is 2.66.